The largest absolute Gasteiger partial charge is 0.368 e. The number of carbonyl (C=O) groups excluding carboxylic acids is 1. The molecule has 19 heavy (non-hydrogen) atoms. The molecule has 0 aromatic carbocycles. The van der Waals surface area contributed by atoms with Gasteiger partial charge in [-0.1, -0.05) is 12.5 Å². The van der Waals surface area contributed by atoms with Gasteiger partial charge in [-0.15, -0.1) is 19.0 Å². The van der Waals surface area contributed by atoms with Gasteiger partial charge in [-0.2, -0.15) is 0 Å². The van der Waals surface area contributed by atoms with Crippen LogP contribution in [0.15, 0.2) is 12.7 Å². The van der Waals surface area contributed by atoms with E-state index < -0.39 is 0 Å². The summed E-state index contributed by atoms with van der Waals surface area (Å²) in [5, 5.41) is 3.15. The highest BCUT2D eigenvalue weighted by atomic mass is 35.5. The lowest BCUT2D eigenvalue weighted by Crippen LogP contribution is -2.54. The molecule has 5 heteroatoms. The molecule has 2 fully saturated rings. The van der Waals surface area contributed by atoms with Gasteiger partial charge in [0.25, 0.3) is 0 Å². The lowest BCUT2D eigenvalue weighted by Gasteiger charge is -2.45. The number of hydrogen-bond donors (Lipinski definition) is 2. The Balaban J connectivity index is 0.00000180. The second-order valence-corrected chi connectivity index (χ2v) is 5.58. The van der Waals surface area contributed by atoms with E-state index in [0.29, 0.717) is 30.5 Å². The van der Waals surface area contributed by atoms with Crippen molar-refractivity contribution in [3.05, 3.63) is 12.7 Å². The van der Waals surface area contributed by atoms with Gasteiger partial charge in [0.15, 0.2) is 0 Å². The van der Waals surface area contributed by atoms with E-state index in [9.17, 15) is 4.79 Å². The maximum absolute atomic E-state index is 11.8. The molecule has 2 aliphatic rings. The zero-order valence-electron chi connectivity index (χ0n) is 11.3. The number of carbonyl (C=O) groups is 1. The van der Waals surface area contributed by atoms with Crippen molar-refractivity contribution in [1.29, 1.82) is 0 Å². The fourth-order valence-electron chi connectivity index (χ4n) is 3.49. The first-order valence-electron chi connectivity index (χ1n) is 6.94. The van der Waals surface area contributed by atoms with Gasteiger partial charge in [0.05, 0.1) is 6.61 Å². The van der Waals surface area contributed by atoms with E-state index in [1.54, 1.807) is 6.08 Å². The van der Waals surface area contributed by atoms with Crippen LogP contribution in [0.3, 0.4) is 0 Å². The first-order valence-corrected chi connectivity index (χ1v) is 6.94. The molecule has 2 saturated carbocycles. The van der Waals surface area contributed by atoms with E-state index in [1.807, 2.05) is 0 Å². The molecular weight excluding hydrogens is 264 g/mol. The molecule has 1 amide bonds. The third-order valence-corrected chi connectivity index (χ3v) is 4.17. The van der Waals surface area contributed by atoms with Gasteiger partial charge < -0.3 is 15.8 Å². The van der Waals surface area contributed by atoms with Gasteiger partial charge in [-0.3, -0.25) is 4.79 Å². The average molecular weight is 289 g/mol. The number of ether oxygens (including phenoxy) is 1. The summed E-state index contributed by atoms with van der Waals surface area (Å²) in [6, 6.07) is 0.642. The molecule has 2 bridgehead atoms. The van der Waals surface area contributed by atoms with Crippen LogP contribution in [0, 0.1) is 11.8 Å². The monoisotopic (exact) mass is 288 g/mol. The van der Waals surface area contributed by atoms with E-state index in [1.165, 1.54) is 19.3 Å². The molecule has 0 aromatic heterocycles. The summed E-state index contributed by atoms with van der Waals surface area (Å²) in [7, 11) is 0. The minimum atomic E-state index is -0.00535. The summed E-state index contributed by atoms with van der Waals surface area (Å²) in [6.45, 7) is 4.12. The number of halogens is 1. The molecule has 0 radical (unpaired) electrons. The van der Waals surface area contributed by atoms with Crippen LogP contribution in [0.2, 0.25) is 0 Å². The molecule has 2 atom stereocenters. The number of hydrogen-bond acceptors (Lipinski definition) is 3. The minimum absolute atomic E-state index is 0. The van der Waals surface area contributed by atoms with Gasteiger partial charge in [-0.05, 0) is 37.5 Å². The van der Waals surface area contributed by atoms with Crippen LogP contribution in [0.25, 0.3) is 0 Å². The molecule has 0 aromatic rings. The molecule has 0 spiro atoms. The van der Waals surface area contributed by atoms with Crippen LogP contribution in [-0.2, 0) is 9.53 Å². The smallest absolute Gasteiger partial charge is 0.246 e. The lowest BCUT2D eigenvalue weighted by atomic mass is 9.67. The number of nitrogens with one attached hydrogen (secondary N) is 1. The molecule has 0 saturated heterocycles. The standard InChI is InChI=1S/C14H24N2O2.ClH/c1-2-6-18-9-13(17)16-14-10-4-3-5-11(14)8-12(15)7-10;/h2,10-12,14H,1,3-9,15H2,(H,16,17);1H. The first-order chi connectivity index (χ1) is 8.70. The molecule has 2 aliphatic carbocycles. The van der Waals surface area contributed by atoms with Crippen LogP contribution in [0.5, 0.6) is 0 Å². The zero-order valence-corrected chi connectivity index (χ0v) is 12.2. The van der Waals surface area contributed by atoms with Crippen molar-refractivity contribution in [2.24, 2.45) is 17.6 Å². The maximum atomic E-state index is 11.8. The van der Waals surface area contributed by atoms with E-state index in [-0.39, 0.29) is 24.9 Å². The molecule has 2 unspecified atom stereocenters. The van der Waals surface area contributed by atoms with Crippen molar-refractivity contribution in [1.82, 2.24) is 5.32 Å². The van der Waals surface area contributed by atoms with E-state index in [4.69, 9.17) is 10.5 Å². The summed E-state index contributed by atoms with van der Waals surface area (Å²) in [4.78, 5) is 11.8. The van der Waals surface area contributed by atoms with Crippen LogP contribution < -0.4 is 11.1 Å². The average Bonchev–Trinajstić information content (AvgIpc) is 2.31. The minimum Gasteiger partial charge on any atom is -0.368 e. The number of rotatable bonds is 5. The van der Waals surface area contributed by atoms with Crippen molar-refractivity contribution in [2.75, 3.05) is 13.2 Å². The normalized spacial score (nSPS) is 33.1. The Morgan fingerprint density at radius 3 is 2.58 bits per heavy atom. The van der Waals surface area contributed by atoms with Crippen LogP contribution in [0.1, 0.15) is 32.1 Å². The third kappa shape index (κ3) is 4.48. The molecule has 0 aliphatic heterocycles. The summed E-state index contributed by atoms with van der Waals surface area (Å²) < 4.78 is 5.17. The second-order valence-electron chi connectivity index (χ2n) is 5.58. The topological polar surface area (TPSA) is 64.3 Å². The van der Waals surface area contributed by atoms with E-state index in [2.05, 4.69) is 11.9 Å². The van der Waals surface area contributed by atoms with E-state index in [0.717, 1.165) is 12.8 Å². The van der Waals surface area contributed by atoms with Gasteiger partial charge in [0.1, 0.15) is 6.61 Å². The quantitative estimate of drug-likeness (QED) is 0.597. The highest BCUT2D eigenvalue weighted by Crippen LogP contribution is 2.39. The predicted octanol–water partition coefficient (Wildman–Crippen LogP) is 1.63. The third-order valence-electron chi connectivity index (χ3n) is 4.17. The summed E-state index contributed by atoms with van der Waals surface area (Å²) in [5.74, 6) is 1.13. The number of nitrogens with two attached hydrogens (primary N) is 1. The van der Waals surface area contributed by atoms with Gasteiger partial charge >= 0.3 is 0 Å². The zero-order chi connectivity index (χ0) is 13.0. The Bertz CT molecular complexity index is 298. The Labute approximate surface area is 121 Å². The number of fused-ring (bicyclic) bond motifs is 2. The molecule has 110 valence electrons. The second kappa shape index (κ2) is 7.88. The highest BCUT2D eigenvalue weighted by molar-refractivity contribution is 5.85. The van der Waals surface area contributed by atoms with Crippen molar-refractivity contribution >= 4 is 18.3 Å². The first kappa shape index (κ1) is 16.5. The van der Waals surface area contributed by atoms with Crippen molar-refractivity contribution in [3.63, 3.8) is 0 Å². The van der Waals surface area contributed by atoms with Gasteiger partial charge in [-0.25, -0.2) is 0 Å². The van der Waals surface area contributed by atoms with Crippen molar-refractivity contribution in [2.45, 2.75) is 44.2 Å². The van der Waals surface area contributed by atoms with Gasteiger partial charge in [0, 0.05) is 12.1 Å². The fourth-order valence-corrected chi connectivity index (χ4v) is 3.49. The summed E-state index contributed by atoms with van der Waals surface area (Å²) in [5.41, 5.74) is 6.07. The van der Waals surface area contributed by atoms with Crippen molar-refractivity contribution in [3.8, 4) is 0 Å². The Kier molecular flexibility index (Phi) is 6.83. The van der Waals surface area contributed by atoms with Gasteiger partial charge in [0.2, 0.25) is 5.91 Å². The van der Waals surface area contributed by atoms with Crippen molar-refractivity contribution < 1.29 is 9.53 Å². The lowest BCUT2D eigenvalue weighted by molar-refractivity contribution is -0.127. The van der Waals surface area contributed by atoms with E-state index >= 15 is 0 Å². The fraction of sp³-hybridized carbons (Fsp3) is 0.786. The predicted molar refractivity (Wildman–Crippen MR) is 78.2 cm³/mol. The SMILES string of the molecule is C=CCOCC(=O)NC1C2CCCC1CC(N)C2.Cl. The molecule has 0 heterocycles. The number of amides is 1. The Hall–Kier alpha value is -0.580. The van der Waals surface area contributed by atoms with Crippen LogP contribution >= 0.6 is 12.4 Å². The maximum Gasteiger partial charge on any atom is 0.246 e. The Morgan fingerprint density at radius 1 is 1.37 bits per heavy atom. The molecule has 2 rings (SSSR count). The Morgan fingerprint density at radius 2 is 2.00 bits per heavy atom. The van der Waals surface area contributed by atoms with Crippen LogP contribution in [-0.4, -0.2) is 31.2 Å². The highest BCUT2D eigenvalue weighted by Gasteiger charge is 2.39. The summed E-state index contributed by atoms with van der Waals surface area (Å²) >= 11 is 0. The summed E-state index contributed by atoms with van der Waals surface area (Å²) in [6.07, 6.45) is 7.43. The van der Waals surface area contributed by atoms with Crippen LogP contribution in [0.4, 0.5) is 0 Å². The molecule has 3 N–H and O–H groups in total. The molecule has 4 nitrogen and oxygen atoms in total. The molecular formula is C14H25ClN2O2.